The van der Waals surface area contributed by atoms with Crippen molar-refractivity contribution < 1.29 is 4.74 Å². The number of ether oxygens (including phenoxy) is 1. The second kappa shape index (κ2) is 5.71. The van der Waals surface area contributed by atoms with Gasteiger partial charge in [0.15, 0.2) is 0 Å². The Balaban J connectivity index is 2.48. The van der Waals surface area contributed by atoms with Crippen molar-refractivity contribution in [3.63, 3.8) is 0 Å². The summed E-state index contributed by atoms with van der Waals surface area (Å²) >= 11 is 7.89. The molecule has 1 aromatic heterocycles. The quantitative estimate of drug-likeness (QED) is 0.668. The van der Waals surface area contributed by atoms with Crippen LogP contribution < -0.4 is 16.0 Å². The summed E-state index contributed by atoms with van der Waals surface area (Å²) in [6, 6.07) is 7.61. The van der Waals surface area contributed by atoms with Gasteiger partial charge in [0.05, 0.1) is 18.2 Å². The molecule has 0 radical (unpaired) electrons. The van der Waals surface area contributed by atoms with E-state index >= 15 is 0 Å². The van der Waals surface area contributed by atoms with Crippen LogP contribution in [0.3, 0.4) is 0 Å². The molecule has 18 heavy (non-hydrogen) atoms. The van der Waals surface area contributed by atoms with E-state index in [4.69, 9.17) is 22.2 Å². The molecular weight excluding hydrogens is 268 g/mol. The molecule has 2 aromatic rings. The molecule has 0 amide bonds. The van der Waals surface area contributed by atoms with Crippen molar-refractivity contribution in [1.29, 1.82) is 0 Å². The SMILES string of the molecule is COc1ccccc1C(NN)c1scc(C)c1Cl. The Hall–Kier alpha value is -1.07. The van der Waals surface area contributed by atoms with E-state index in [0.717, 1.165) is 26.8 Å². The number of hydrogen-bond donors (Lipinski definition) is 2. The van der Waals surface area contributed by atoms with Crippen molar-refractivity contribution in [1.82, 2.24) is 5.43 Å². The average molecular weight is 283 g/mol. The van der Waals surface area contributed by atoms with Gasteiger partial charge in [0, 0.05) is 10.4 Å². The second-order valence-electron chi connectivity index (χ2n) is 3.94. The smallest absolute Gasteiger partial charge is 0.124 e. The number of hydrazine groups is 1. The summed E-state index contributed by atoms with van der Waals surface area (Å²) in [6.07, 6.45) is 0. The average Bonchev–Trinajstić information content (AvgIpc) is 2.73. The predicted octanol–water partition coefficient (Wildman–Crippen LogP) is 3.27. The molecule has 96 valence electrons. The van der Waals surface area contributed by atoms with Gasteiger partial charge in [-0.15, -0.1) is 11.3 Å². The number of benzene rings is 1. The summed E-state index contributed by atoms with van der Waals surface area (Å²) in [6.45, 7) is 1.98. The van der Waals surface area contributed by atoms with E-state index in [1.165, 1.54) is 0 Å². The summed E-state index contributed by atoms with van der Waals surface area (Å²) < 4.78 is 5.36. The molecule has 1 atom stereocenters. The molecule has 5 heteroatoms. The van der Waals surface area contributed by atoms with Gasteiger partial charge in [-0.05, 0) is 23.9 Å². The summed E-state index contributed by atoms with van der Waals surface area (Å²) in [5.41, 5.74) is 4.85. The number of rotatable bonds is 4. The molecule has 1 aromatic carbocycles. The molecule has 0 spiro atoms. The van der Waals surface area contributed by atoms with Gasteiger partial charge < -0.3 is 4.74 Å². The Morgan fingerprint density at radius 1 is 1.39 bits per heavy atom. The minimum absolute atomic E-state index is 0.160. The molecule has 1 heterocycles. The first kappa shape index (κ1) is 13.4. The predicted molar refractivity (Wildman–Crippen MR) is 76.2 cm³/mol. The molecule has 0 aliphatic rings. The fourth-order valence-electron chi connectivity index (χ4n) is 1.86. The van der Waals surface area contributed by atoms with Gasteiger partial charge in [0.25, 0.3) is 0 Å². The van der Waals surface area contributed by atoms with E-state index in [1.54, 1.807) is 18.4 Å². The van der Waals surface area contributed by atoms with Crippen LogP contribution in [0.2, 0.25) is 5.02 Å². The van der Waals surface area contributed by atoms with Crippen LogP contribution in [0.4, 0.5) is 0 Å². The van der Waals surface area contributed by atoms with Crippen molar-refractivity contribution in [2.24, 2.45) is 5.84 Å². The summed E-state index contributed by atoms with van der Waals surface area (Å²) in [7, 11) is 1.65. The number of hydrogen-bond acceptors (Lipinski definition) is 4. The van der Waals surface area contributed by atoms with Crippen molar-refractivity contribution in [2.45, 2.75) is 13.0 Å². The van der Waals surface area contributed by atoms with E-state index < -0.39 is 0 Å². The molecule has 1 unspecified atom stereocenters. The highest BCUT2D eigenvalue weighted by atomic mass is 35.5. The molecule has 3 nitrogen and oxygen atoms in total. The van der Waals surface area contributed by atoms with Crippen LogP contribution in [0.1, 0.15) is 22.0 Å². The lowest BCUT2D eigenvalue weighted by Crippen LogP contribution is -2.28. The van der Waals surface area contributed by atoms with Crippen LogP contribution >= 0.6 is 22.9 Å². The largest absolute Gasteiger partial charge is 0.496 e. The lowest BCUT2D eigenvalue weighted by Gasteiger charge is -2.18. The second-order valence-corrected chi connectivity index (χ2v) is 5.23. The molecule has 0 saturated carbocycles. The Bertz CT molecular complexity index is 542. The van der Waals surface area contributed by atoms with Gasteiger partial charge in [0.2, 0.25) is 0 Å². The molecule has 0 aliphatic carbocycles. The summed E-state index contributed by atoms with van der Waals surface area (Å²) in [5.74, 6) is 6.48. The Morgan fingerprint density at radius 2 is 2.11 bits per heavy atom. The van der Waals surface area contributed by atoms with Gasteiger partial charge in [-0.3, -0.25) is 5.84 Å². The third kappa shape index (κ3) is 2.37. The van der Waals surface area contributed by atoms with E-state index in [-0.39, 0.29) is 6.04 Å². The summed E-state index contributed by atoms with van der Waals surface area (Å²) in [4.78, 5) is 1.00. The fraction of sp³-hybridized carbons (Fsp3) is 0.231. The number of methoxy groups -OCH3 is 1. The van der Waals surface area contributed by atoms with Crippen LogP contribution in [0.5, 0.6) is 5.75 Å². The number of thiophene rings is 1. The van der Waals surface area contributed by atoms with Gasteiger partial charge in [-0.1, -0.05) is 29.8 Å². The number of nitrogens with two attached hydrogens (primary N) is 1. The fourth-order valence-corrected chi connectivity index (χ4v) is 3.24. The van der Waals surface area contributed by atoms with Crippen LogP contribution in [-0.2, 0) is 0 Å². The van der Waals surface area contributed by atoms with Crippen LogP contribution in [0.15, 0.2) is 29.6 Å². The topological polar surface area (TPSA) is 47.3 Å². The lowest BCUT2D eigenvalue weighted by atomic mass is 10.0. The molecular formula is C13H15ClN2OS. The van der Waals surface area contributed by atoms with E-state index in [0.29, 0.717) is 0 Å². The van der Waals surface area contributed by atoms with E-state index in [1.807, 2.05) is 36.6 Å². The third-order valence-corrected chi connectivity index (χ3v) is 4.58. The molecule has 0 bridgehead atoms. The van der Waals surface area contributed by atoms with Crippen molar-refractivity contribution in [3.8, 4) is 5.75 Å². The first-order valence-electron chi connectivity index (χ1n) is 5.51. The van der Waals surface area contributed by atoms with Crippen molar-refractivity contribution >= 4 is 22.9 Å². The van der Waals surface area contributed by atoms with Gasteiger partial charge in [-0.25, -0.2) is 5.43 Å². The normalized spacial score (nSPS) is 12.4. The standard InChI is InChI=1S/C13H15ClN2OS/c1-8-7-18-13(11(8)14)12(16-15)9-5-3-4-6-10(9)17-2/h3-7,12,16H,15H2,1-2H3. The molecule has 0 saturated heterocycles. The van der Waals surface area contributed by atoms with Crippen molar-refractivity contribution in [2.75, 3.05) is 7.11 Å². The van der Waals surface area contributed by atoms with Crippen LogP contribution in [0, 0.1) is 6.92 Å². The maximum atomic E-state index is 6.30. The van der Waals surface area contributed by atoms with Crippen LogP contribution in [0.25, 0.3) is 0 Å². The lowest BCUT2D eigenvalue weighted by molar-refractivity contribution is 0.404. The zero-order valence-corrected chi connectivity index (χ0v) is 11.8. The number of halogens is 1. The highest BCUT2D eigenvalue weighted by molar-refractivity contribution is 7.10. The maximum Gasteiger partial charge on any atom is 0.124 e. The Kier molecular flexibility index (Phi) is 4.24. The minimum Gasteiger partial charge on any atom is -0.496 e. The summed E-state index contributed by atoms with van der Waals surface area (Å²) in [5, 5.41) is 2.78. The third-order valence-electron chi connectivity index (χ3n) is 2.80. The molecule has 3 N–H and O–H groups in total. The molecule has 0 aliphatic heterocycles. The van der Waals surface area contributed by atoms with Gasteiger partial charge in [0.1, 0.15) is 5.75 Å². The zero-order valence-electron chi connectivity index (χ0n) is 10.2. The zero-order chi connectivity index (χ0) is 13.1. The number of nitrogens with one attached hydrogen (secondary N) is 1. The van der Waals surface area contributed by atoms with Crippen molar-refractivity contribution in [3.05, 3.63) is 50.7 Å². The minimum atomic E-state index is -0.160. The monoisotopic (exact) mass is 282 g/mol. The Morgan fingerprint density at radius 3 is 2.67 bits per heavy atom. The van der Waals surface area contributed by atoms with Gasteiger partial charge in [-0.2, -0.15) is 0 Å². The first-order chi connectivity index (χ1) is 8.69. The maximum absolute atomic E-state index is 6.30. The highest BCUT2D eigenvalue weighted by Crippen LogP contribution is 2.38. The van der Waals surface area contributed by atoms with E-state index in [2.05, 4.69) is 5.43 Å². The molecule has 2 rings (SSSR count). The number of aryl methyl sites for hydroxylation is 1. The van der Waals surface area contributed by atoms with Crippen LogP contribution in [-0.4, -0.2) is 7.11 Å². The van der Waals surface area contributed by atoms with Gasteiger partial charge >= 0.3 is 0 Å². The molecule has 0 fully saturated rings. The number of para-hydroxylation sites is 1. The van der Waals surface area contributed by atoms with E-state index in [9.17, 15) is 0 Å². The first-order valence-corrected chi connectivity index (χ1v) is 6.77. The highest BCUT2D eigenvalue weighted by Gasteiger charge is 2.21. The Labute approximate surface area is 116 Å².